The first-order chi connectivity index (χ1) is 14.1. The Kier molecular flexibility index (Phi) is 5.49. The molecule has 0 atom stereocenters. The maximum absolute atomic E-state index is 12.7. The van der Waals surface area contributed by atoms with Crippen LogP contribution < -0.4 is 4.90 Å². The summed E-state index contributed by atoms with van der Waals surface area (Å²) in [4.78, 5) is 28.5. The second-order valence-electron chi connectivity index (χ2n) is 7.91. The molecule has 5 nitrogen and oxygen atoms in total. The number of rotatable bonds is 6. The summed E-state index contributed by atoms with van der Waals surface area (Å²) in [6.07, 6.45) is 5.80. The smallest absolute Gasteiger partial charge is 0.227 e. The van der Waals surface area contributed by atoms with Gasteiger partial charge in [-0.2, -0.15) is 0 Å². The van der Waals surface area contributed by atoms with Crippen molar-refractivity contribution in [2.45, 2.75) is 24.8 Å². The highest BCUT2D eigenvalue weighted by Crippen LogP contribution is 2.42. The van der Waals surface area contributed by atoms with Crippen LogP contribution >= 0.6 is 0 Å². The lowest BCUT2D eigenvalue weighted by Crippen LogP contribution is -2.69. The van der Waals surface area contributed by atoms with Gasteiger partial charge in [0.25, 0.3) is 0 Å². The van der Waals surface area contributed by atoms with Crippen LogP contribution in [-0.4, -0.2) is 53.5 Å². The fourth-order valence-corrected chi connectivity index (χ4v) is 4.48. The monoisotopic (exact) mass is 390 g/mol. The van der Waals surface area contributed by atoms with Crippen LogP contribution in [0.3, 0.4) is 0 Å². The second-order valence-corrected chi connectivity index (χ2v) is 7.91. The number of hydrogen-bond donors (Lipinski definition) is 1. The normalized spacial score (nSPS) is 17.7. The molecule has 0 bridgehead atoms. The van der Waals surface area contributed by atoms with Crippen molar-refractivity contribution in [3.8, 4) is 0 Å². The number of likely N-dealkylation sites (tertiary alicyclic amines) is 1. The summed E-state index contributed by atoms with van der Waals surface area (Å²) in [7, 11) is 0. The van der Waals surface area contributed by atoms with Gasteiger partial charge >= 0.3 is 0 Å². The molecule has 0 radical (unpaired) electrons. The first kappa shape index (κ1) is 19.4. The molecule has 2 aromatic carbocycles. The molecule has 2 saturated heterocycles. The van der Waals surface area contributed by atoms with Crippen LogP contribution in [0.25, 0.3) is 6.08 Å². The summed E-state index contributed by atoms with van der Waals surface area (Å²) in [5.74, 6) is -0.132. The van der Waals surface area contributed by atoms with Crippen molar-refractivity contribution in [3.63, 3.8) is 0 Å². The van der Waals surface area contributed by atoms with E-state index in [0.717, 1.165) is 49.3 Å². The van der Waals surface area contributed by atoms with Crippen molar-refractivity contribution < 1.29 is 14.7 Å². The zero-order valence-corrected chi connectivity index (χ0v) is 16.5. The standard InChI is InChI=1S/C24H26N2O3/c27-16-21(28)12-11-20-9-4-5-10-22(20)26-14-6-13-24(26)17-25(18-24)23(29)15-19-7-2-1-3-8-19/h1-5,7-12,27H,6,13-18H2/b12-11+. The van der Waals surface area contributed by atoms with E-state index in [4.69, 9.17) is 5.11 Å². The molecule has 0 unspecified atom stereocenters. The zero-order chi connectivity index (χ0) is 20.3. The van der Waals surface area contributed by atoms with Crippen molar-refractivity contribution in [2.75, 3.05) is 31.1 Å². The minimum atomic E-state index is -0.481. The molecular formula is C24H26N2O3. The maximum atomic E-state index is 12.7. The van der Waals surface area contributed by atoms with E-state index in [1.807, 2.05) is 53.4 Å². The molecule has 2 heterocycles. The number of para-hydroxylation sites is 1. The lowest BCUT2D eigenvalue weighted by atomic mass is 9.85. The van der Waals surface area contributed by atoms with Gasteiger partial charge in [-0.25, -0.2) is 0 Å². The average molecular weight is 390 g/mol. The van der Waals surface area contributed by atoms with Gasteiger partial charge in [-0.1, -0.05) is 48.5 Å². The third kappa shape index (κ3) is 3.96. The van der Waals surface area contributed by atoms with Crippen LogP contribution in [0.1, 0.15) is 24.0 Å². The quantitative estimate of drug-likeness (QED) is 0.771. The minimum Gasteiger partial charge on any atom is -0.388 e. The van der Waals surface area contributed by atoms with Gasteiger partial charge < -0.3 is 14.9 Å². The predicted octanol–water partition coefficient (Wildman–Crippen LogP) is 2.69. The van der Waals surface area contributed by atoms with Crippen LogP contribution in [0.2, 0.25) is 0 Å². The molecule has 4 rings (SSSR count). The molecule has 0 aliphatic carbocycles. The number of aliphatic hydroxyl groups excluding tert-OH is 1. The van der Waals surface area contributed by atoms with Crippen LogP contribution in [0, 0.1) is 0 Å². The zero-order valence-electron chi connectivity index (χ0n) is 16.5. The fourth-order valence-electron chi connectivity index (χ4n) is 4.48. The number of hydrogen-bond acceptors (Lipinski definition) is 4. The highest BCUT2D eigenvalue weighted by Gasteiger charge is 2.51. The molecular weight excluding hydrogens is 364 g/mol. The van der Waals surface area contributed by atoms with E-state index in [9.17, 15) is 9.59 Å². The number of benzene rings is 2. The van der Waals surface area contributed by atoms with Crippen molar-refractivity contribution >= 4 is 23.5 Å². The first-order valence-corrected chi connectivity index (χ1v) is 10.1. The van der Waals surface area contributed by atoms with Gasteiger partial charge in [0.05, 0.1) is 12.0 Å². The SMILES string of the molecule is O=C(/C=C/c1ccccc1N1CCCC12CN(C(=O)Cc1ccccc1)C2)CO. The predicted molar refractivity (Wildman–Crippen MR) is 114 cm³/mol. The van der Waals surface area contributed by atoms with Crippen molar-refractivity contribution in [1.82, 2.24) is 4.90 Å². The van der Waals surface area contributed by atoms with Gasteiger partial charge in [-0.15, -0.1) is 0 Å². The topological polar surface area (TPSA) is 60.9 Å². The molecule has 2 aliphatic rings. The summed E-state index contributed by atoms with van der Waals surface area (Å²) < 4.78 is 0. The van der Waals surface area contributed by atoms with E-state index < -0.39 is 6.61 Å². The summed E-state index contributed by atoms with van der Waals surface area (Å²) in [6, 6.07) is 17.9. The van der Waals surface area contributed by atoms with Gasteiger partial charge in [-0.05, 0) is 42.2 Å². The summed E-state index contributed by atoms with van der Waals surface area (Å²) >= 11 is 0. The number of amides is 1. The minimum absolute atomic E-state index is 0.0166. The van der Waals surface area contributed by atoms with Crippen molar-refractivity contribution in [3.05, 3.63) is 71.8 Å². The van der Waals surface area contributed by atoms with E-state index in [-0.39, 0.29) is 17.2 Å². The van der Waals surface area contributed by atoms with Crippen LogP contribution in [0.4, 0.5) is 5.69 Å². The van der Waals surface area contributed by atoms with Crippen LogP contribution in [-0.2, 0) is 16.0 Å². The van der Waals surface area contributed by atoms with Crippen molar-refractivity contribution in [2.24, 2.45) is 0 Å². The number of ketones is 1. The highest BCUT2D eigenvalue weighted by atomic mass is 16.3. The Morgan fingerprint density at radius 1 is 1.03 bits per heavy atom. The molecule has 5 heteroatoms. The molecule has 2 fully saturated rings. The average Bonchev–Trinajstić information content (AvgIpc) is 3.17. The number of aliphatic hydroxyl groups is 1. The van der Waals surface area contributed by atoms with Gasteiger partial charge in [0.15, 0.2) is 5.78 Å². The molecule has 1 spiro atoms. The Bertz CT molecular complexity index is 917. The number of carbonyl (C=O) groups is 2. The van der Waals surface area contributed by atoms with E-state index in [1.54, 1.807) is 6.08 Å². The van der Waals surface area contributed by atoms with Crippen LogP contribution in [0.5, 0.6) is 0 Å². The Morgan fingerprint density at radius 3 is 2.52 bits per heavy atom. The molecule has 1 amide bonds. The first-order valence-electron chi connectivity index (χ1n) is 10.1. The Hall–Kier alpha value is -2.92. The summed E-state index contributed by atoms with van der Waals surface area (Å²) in [6.45, 7) is 1.95. The number of anilines is 1. The molecule has 0 saturated carbocycles. The number of nitrogens with zero attached hydrogens (tertiary/aromatic N) is 2. The molecule has 1 N–H and O–H groups in total. The summed E-state index contributed by atoms with van der Waals surface area (Å²) in [5, 5.41) is 8.96. The lowest BCUT2D eigenvalue weighted by Gasteiger charge is -2.54. The van der Waals surface area contributed by atoms with E-state index in [2.05, 4.69) is 11.0 Å². The molecule has 2 aliphatic heterocycles. The highest BCUT2D eigenvalue weighted by molar-refractivity contribution is 5.95. The van der Waals surface area contributed by atoms with Crippen molar-refractivity contribution in [1.29, 1.82) is 0 Å². The van der Waals surface area contributed by atoms with Gasteiger partial charge in [0, 0.05) is 25.3 Å². The Morgan fingerprint density at radius 2 is 1.76 bits per heavy atom. The molecule has 0 aromatic heterocycles. The maximum Gasteiger partial charge on any atom is 0.227 e. The van der Waals surface area contributed by atoms with Gasteiger partial charge in [0.2, 0.25) is 5.91 Å². The summed E-state index contributed by atoms with van der Waals surface area (Å²) in [5.41, 5.74) is 3.08. The lowest BCUT2D eigenvalue weighted by molar-refractivity contribution is -0.137. The second kappa shape index (κ2) is 8.21. The Labute approximate surface area is 171 Å². The van der Waals surface area contributed by atoms with Gasteiger partial charge in [0.1, 0.15) is 6.61 Å². The van der Waals surface area contributed by atoms with Crippen LogP contribution in [0.15, 0.2) is 60.7 Å². The Balaban J connectivity index is 1.48. The van der Waals surface area contributed by atoms with E-state index >= 15 is 0 Å². The fraction of sp³-hybridized carbons (Fsp3) is 0.333. The van der Waals surface area contributed by atoms with E-state index in [1.165, 1.54) is 6.08 Å². The molecule has 29 heavy (non-hydrogen) atoms. The third-order valence-electron chi connectivity index (χ3n) is 5.95. The number of carbonyl (C=O) groups excluding carboxylic acids is 2. The molecule has 2 aromatic rings. The third-order valence-corrected chi connectivity index (χ3v) is 5.95. The molecule has 150 valence electrons. The van der Waals surface area contributed by atoms with Gasteiger partial charge in [-0.3, -0.25) is 9.59 Å². The van der Waals surface area contributed by atoms with E-state index in [0.29, 0.717) is 6.42 Å². The largest absolute Gasteiger partial charge is 0.388 e.